The Morgan fingerprint density at radius 1 is 0.960 bits per heavy atom. The van der Waals surface area contributed by atoms with Gasteiger partial charge in [0.25, 0.3) is 0 Å². The van der Waals surface area contributed by atoms with E-state index in [2.05, 4.69) is 10.6 Å². The van der Waals surface area contributed by atoms with Gasteiger partial charge in [0.05, 0.1) is 12.5 Å². The van der Waals surface area contributed by atoms with Crippen molar-refractivity contribution in [3.05, 3.63) is 66.2 Å². The number of carbonyl (C=O) groups is 2. The van der Waals surface area contributed by atoms with Crippen molar-refractivity contribution in [3.63, 3.8) is 0 Å². The topological polar surface area (TPSA) is 67.4 Å². The standard InChI is InChI=1S/C20H24N2O3/c1-20(2,3)25-19(24)22-17(15-10-6-4-7-11-15)14-18(23)21-16-12-8-5-9-13-16/h4-13,17H,14H2,1-3H3,(H,21,23)(H,22,24)/t17-/m1/s1. The summed E-state index contributed by atoms with van der Waals surface area (Å²) in [7, 11) is 0. The molecular weight excluding hydrogens is 316 g/mol. The van der Waals surface area contributed by atoms with Crippen LogP contribution in [0.2, 0.25) is 0 Å². The molecule has 5 heteroatoms. The number of carbonyl (C=O) groups excluding carboxylic acids is 2. The van der Waals surface area contributed by atoms with Crippen LogP contribution in [0, 0.1) is 0 Å². The number of benzene rings is 2. The van der Waals surface area contributed by atoms with Crippen LogP contribution in [-0.4, -0.2) is 17.6 Å². The highest BCUT2D eigenvalue weighted by molar-refractivity contribution is 5.91. The zero-order chi connectivity index (χ0) is 18.3. The Kier molecular flexibility index (Phi) is 6.17. The van der Waals surface area contributed by atoms with E-state index in [1.807, 2.05) is 60.7 Å². The van der Waals surface area contributed by atoms with E-state index in [4.69, 9.17) is 4.74 Å². The van der Waals surface area contributed by atoms with Gasteiger partial charge in [-0.25, -0.2) is 4.79 Å². The molecule has 0 fully saturated rings. The molecule has 132 valence electrons. The molecule has 1 atom stereocenters. The quantitative estimate of drug-likeness (QED) is 0.853. The van der Waals surface area contributed by atoms with E-state index in [0.717, 1.165) is 11.3 Å². The number of nitrogens with one attached hydrogen (secondary N) is 2. The average molecular weight is 340 g/mol. The van der Waals surface area contributed by atoms with Gasteiger partial charge < -0.3 is 15.4 Å². The lowest BCUT2D eigenvalue weighted by Gasteiger charge is -2.23. The van der Waals surface area contributed by atoms with Crippen molar-refractivity contribution in [3.8, 4) is 0 Å². The van der Waals surface area contributed by atoms with Crippen LogP contribution in [0.25, 0.3) is 0 Å². The normalized spacial score (nSPS) is 12.1. The highest BCUT2D eigenvalue weighted by atomic mass is 16.6. The summed E-state index contributed by atoms with van der Waals surface area (Å²) in [5.74, 6) is -0.184. The van der Waals surface area contributed by atoms with E-state index in [1.165, 1.54) is 0 Å². The zero-order valence-corrected chi connectivity index (χ0v) is 14.8. The molecule has 2 amide bonds. The van der Waals surface area contributed by atoms with Crippen molar-refractivity contribution in [2.75, 3.05) is 5.32 Å². The Morgan fingerprint density at radius 3 is 2.08 bits per heavy atom. The molecule has 0 aliphatic carbocycles. The SMILES string of the molecule is CC(C)(C)OC(=O)N[C@H](CC(=O)Nc1ccccc1)c1ccccc1. The smallest absolute Gasteiger partial charge is 0.408 e. The molecule has 0 bridgehead atoms. The summed E-state index contributed by atoms with van der Waals surface area (Å²) in [6.07, 6.45) is -0.438. The minimum Gasteiger partial charge on any atom is -0.444 e. The zero-order valence-electron chi connectivity index (χ0n) is 14.8. The Morgan fingerprint density at radius 2 is 1.52 bits per heavy atom. The van der Waals surface area contributed by atoms with Crippen LogP contribution in [0.4, 0.5) is 10.5 Å². The Hall–Kier alpha value is -2.82. The number of anilines is 1. The van der Waals surface area contributed by atoms with Gasteiger partial charge in [0, 0.05) is 5.69 Å². The molecule has 0 aliphatic heterocycles. The third-order valence-electron chi connectivity index (χ3n) is 3.34. The summed E-state index contributed by atoms with van der Waals surface area (Å²) >= 11 is 0. The predicted octanol–water partition coefficient (Wildman–Crippen LogP) is 4.28. The van der Waals surface area contributed by atoms with Crippen LogP contribution in [0.5, 0.6) is 0 Å². The van der Waals surface area contributed by atoms with E-state index < -0.39 is 17.7 Å². The van der Waals surface area contributed by atoms with Crippen LogP contribution in [0.3, 0.4) is 0 Å². The first-order valence-electron chi connectivity index (χ1n) is 8.23. The molecule has 25 heavy (non-hydrogen) atoms. The summed E-state index contributed by atoms with van der Waals surface area (Å²) < 4.78 is 5.31. The molecule has 0 radical (unpaired) electrons. The molecular formula is C20H24N2O3. The molecule has 5 nitrogen and oxygen atoms in total. The fraction of sp³-hybridized carbons (Fsp3) is 0.300. The van der Waals surface area contributed by atoms with Gasteiger partial charge in [0.2, 0.25) is 5.91 Å². The maximum Gasteiger partial charge on any atom is 0.408 e. The molecule has 0 saturated carbocycles. The van der Waals surface area contributed by atoms with Gasteiger partial charge in [0.1, 0.15) is 5.60 Å². The van der Waals surface area contributed by atoms with Gasteiger partial charge in [-0.1, -0.05) is 48.5 Å². The summed E-state index contributed by atoms with van der Waals surface area (Å²) in [6.45, 7) is 5.39. The lowest BCUT2D eigenvalue weighted by molar-refractivity contribution is -0.116. The monoisotopic (exact) mass is 340 g/mol. The third-order valence-corrected chi connectivity index (χ3v) is 3.34. The molecule has 0 saturated heterocycles. The van der Waals surface area contributed by atoms with Crippen LogP contribution in [0.15, 0.2) is 60.7 Å². The van der Waals surface area contributed by atoms with E-state index in [-0.39, 0.29) is 12.3 Å². The molecule has 2 aromatic carbocycles. The third kappa shape index (κ3) is 6.67. The highest BCUT2D eigenvalue weighted by Gasteiger charge is 2.22. The molecule has 2 aromatic rings. The van der Waals surface area contributed by atoms with Crippen molar-refractivity contribution in [1.29, 1.82) is 0 Å². The molecule has 0 spiro atoms. The average Bonchev–Trinajstić information content (AvgIpc) is 2.54. The van der Waals surface area contributed by atoms with Crippen molar-refractivity contribution in [2.24, 2.45) is 0 Å². The van der Waals surface area contributed by atoms with Gasteiger partial charge in [-0.05, 0) is 38.5 Å². The van der Waals surface area contributed by atoms with Crippen molar-refractivity contribution < 1.29 is 14.3 Å². The van der Waals surface area contributed by atoms with Gasteiger partial charge in [-0.3, -0.25) is 4.79 Å². The number of amides is 2. The second-order valence-electron chi connectivity index (χ2n) is 6.73. The van der Waals surface area contributed by atoms with Crippen molar-refractivity contribution in [1.82, 2.24) is 5.32 Å². The highest BCUT2D eigenvalue weighted by Crippen LogP contribution is 2.19. The summed E-state index contributed by atoms with van der Waals surface area (Å²) in [5, 5.41) is 5.62. The number of alkyl carbamates (subject to hydrolysis) is 1. The first kappa shape index (κ1) is 18.5. The first-order chi connectivity index (χ1) is 11.8. The largest absolute Gasteiger partial charge is 0.444 e. The predicted molar refractivity (Wildman–Crippen MR) is 98.2 cm³/mol. The van der Waals surface area contributed by atoms with E-state index in [0.29, 0.717) is 0 Å². The van der Waals surface area contributed by atoms with Gasteiger partial charge in [-0.2, -0.15) is 0 Å². The van der Waals surface area contributed by atoms with E-state index >= 15 is 0 Å². The lowest BCUT2D eigenvalue weighted by atomic mass is 10.0. The maximum absolute atomic E-state index is 12.4. The molecule has 0 aliphatic rings. The van der Waals surface area contributed by atoms with Crippen molar-refractivity contribution >= 4 is 17.7 Å². The van der Waals surface area contributed by atoms with E-state index in [1.54, 1.807) is 20.8 Å². The number of hydrogen-bond acceptors (Lipinski definition) is 3. The fourth-order valence-electron chi connectivity index (χ4n) is 2.31. The second-order valence-corrected chi connectivity index (χ2v) is 6.73. The first-order valence-corrected chi connectivity index (χ1v) is 8.23. The molecule has 0 unspecified atom stereocenters. The van der Waals surface area contributed by atoms with Crippen LogP contribution >= 0.6 is 0 Å². The Labute approximate surface area is 148 Å². The number of para-hydroxylation sites is 1. The lowest BCUT2D eigenvalue weighted by Crippen LogP contribution is -2.36. The maximum atomic E-state index is 12.4. The van der Waals surface area contributed by atoms with Gasteiger partial charge >= 0.3 is 6.09 Å². The van der Waals surface area contributed by atoms with E-state index in [9.17, 15) is 9.59 Å². The Balaban J connectivity index is 2.07. The van der Waals surface area contributed by atoms with Crippen molar-refractivity contribution in [2.45, 2.75) is 38.8 Å². The van der Waals surface area contributed by atoms with Gasteiger partial charge in [-0.15, -0.1) is 0 Å². The van der Waals surface area contributed by atoms with Crippen LogP contribution < -0.4 is 10.6 Å². The van der Waals surface area contributed by atoms with Crippen LogP contribution in [0.1, 0.15) is 38.8 Å². The Bertz CT molecular complexity index is 694. The molecule has 2 N–H and O–H groups in total. The number of ether oxygens (including phenoxy) is 1. The number of hydrogen-bond donors (Lipinski definition) is 2. The fourth-order valence-corrected chi connectivity index (χ4v) is 2.31. The van der Waals surface area contributed by atoms with Crippen LogP contribution in [-0.2, 0) is 9.53 Å². The summed E-state index contributed by atoms with van der Waals surface area (Å²) in [5.41, 5.74) is 0.964. The molecule has 0 aromatic heterocycles. The second kappa shape index (κ2) is 8.33. The summed E-state index contributed by atoms with van der Waals surface area (Å²) in [4.78, 5) is 24.5. The molecule has 0 heterocycles. The minimum atomic E-state index is -0.600. The minimum absolute atomic E-state index is 0.109. The molecule has 2 rings (SSSR count). The summed E-state index contributed by atoms with van der Waals surface area (Å²) in [6, 6.07) is 18.1. The number of rotatable bonds is 5. The van der Waals surface area contributed by atoms with Gasteiger partial charge in [0.15, 0.2) is 0 Å².